The van der Waals surface area contributed by atoms with E-state index in [1.54, 1.807) is 0 Å². The first kappa shape index (κ1) is 13.7. The predicted octanol–water partition coefficient (Wildman–Crippen LogP) is 2.65. The largest absolute Gasteiger partial charge is 0.505 e. The normalized spacial score (nSPS) is 10.2. The SMILES string of the molecule is O=C(O)c1ccc(CC(=O)c2ccc(O)c(F)c2)cc1. The number of halogens is 1. The number of carbonyl (C=O) groups is 2. The fourth-order valence-electron chi connectivity index (χ4n) is 1.73. The van der Waals surface area contributed by atoms with Gasteiger partial charge in [-0.05, 0) is 35.9 Å². The first-order valence-corrected chi connectivity index (χ1v) is 5.81. The van der Waals surface area contributed by atoms with E-state index in [-0.39, 0.29) is 23.3 Å². The highest BCUT2D eigenvalue weighted by Crippen LogP contribution is 2.17. The number of phenolic OH excluding ortho intramolecular Hbond substituents is 1. The number of phenols is 1. The van der Waals surface area contributed by atoms with Gasteiger partial charge < -0.3 is 10.2 Å². The third-order valence-corrected chi connectivity index (χ3v) is 2.84. The molecule has 0 aromatic heterocycles. The van der Waals surface area contributed by atoms with Crippen molar-refractivity contribution in [1.29, 1.82) is 0 Å². The summed E-state index contributed by atoms with van der Waals surface area (Å²) in [5.41, 5.74) is 0.924. The van der Waals surface area contributed by atoms with Crippen LogP contribution in [0.4, 0.5) is 4.39 Å². The van der Waals surface area contributed by atoms with Crippen molar-refractivity contribution >= 4 is 11.8 Å². The topological polar surface area (TPSA) is 74.6 Å². The number of Topliss-reactive ketones (excluding diaryl/α,β-unsaturated/α-hetero) is 1. The second kappa shape index (κ2) is 5.52. The van der Waals surface area contributed by atoms with Crippen LogP contribution in [0.1, 0.15) is 26.3 Å². The van der Waals surface area contributed by atoms with Gasteiger partial charge in [0, 0.05) is 12.0 Å². The van der Waals surface area contributed by atoms with Crippen molar-refractivity contribution in [3.8, 4) is 5.75 Å². The van der Waals surface area contributed by atoms with E-state index in [0.717, 1.165) is 12.1 Å². The van der Waals surface area contributed by atoms with Crippen LogP contribution in [0.25, 0.3) is 0 Å². The molecule has 0 radical (unpaired) electrons. The molecule has 0 fully saturated rings. The lowest BCUT2D eigenvalue weighted by Gasteiger charge is -2.03. The lowest BCUT2D eigenvalue weighted by Crippen LogP contribution is -2.04. The number of benzene rings is 2. The zero-order chi connectivity index (χ0) is 14.7. The van der Waals surface area contributed by atoms with Gasteiger partial charge in [-0.25, -0.2) is 9.18 Å². The zero-order valence-corrected chi connectivity index (χ0v) is 10.3. The number of carboxylic acid groups (broad SMARTS) is 1. The molecule has 0 amide bonds. The molecule has 0 aliphatic rings. The molecule has 2 rings (SSSR count). The Balaban J connectivity index is 2.14. The molecule has 0 bridgehead atoms. The Hall–Kier alpha value is -2.69. The van der Waals surface area contributed by atoms with Gasteiger partial charge in [-0.3, -0.25) is 4.79 Å². The minimum Gasteiger partial charge on any atom is -0.505 e. The van der Waals surface area contributed by atoms with E-state index in [1.165, 1.54) is 30.3 Å². The third kappa shape index (κ3) is 3.00. The van der Waals surface area contributed by atoms with E-state index >= 15 is 0 Å². The zero-order valence-electron chi connectivity index (χ0n) is 10.3. The number of aromatic hydroxyl groups is 1. The van der Waals surface area contributed by atoms with Crippen LogP contribution in [0.2, 0.25) is 0 Å². The summed E-state index contributed by atoms with van der Waals surface area (Å²) < 4.78 is 13.2. The van der Waals surface area contributed by atoms with Crippen molar-refractivity contribution < 1.29 is 24.2 Å². The van der Waals surface area contributed by atoms with Gasteiger partial charge in [-0.2, -0.15) is 0 Å². The number of rotatable bonds is 4. The van der Waals surface area contributed by atoms with E-state index in [2.05, 4.69) is 0 Å². The van der Waals surface area contributed by atoms with E-state index in [1.807, 2.05) is 0 Å². The standard InChI is InChI=1S/C15H11FO4/c16-12-8-11(5-6-13(12)17)14(18)7-9-1-3-10(4-2-9)15(19)20/h1-6,8,17H,7H2,(H,19,20). The van der Waals surface area contributed by atoms with Crippen molar-refractivity contribution in [3.05, 3.63) is 65.0 Å². The summed E-state index contributed by atoms with van der Waals surface area (Å²) in [6.45, 7) is 0. The molecule has 0 aliphatic carbocycles. The summed E-state index contributed by atoms with van der Waals surface area (Å²) in [5, 5.41) is 17.8. The second-order valence-corrected chi connectivity index (χ2v) is 4.27. The first-order valence-electron chi connectivity index (χ1n) is 5.81. The lowest BCUT2D eigenvalue weighted by atomic mass is 10.0. The molecule has 0 heterocycles. The van der Waals surface area contributed by atoms with Gasteiger partial charge in [0.05, 0.1) is 5.56 Å². The molecule has 5 heteroatoms. The molecule has 2 aromatic carbocycles. The molecule has 0 atom stereocenters. The van der Waals surface area contributed by atoms with Gasteiger partial charge in [0.25, 0.3) is 0 Å². The maximum absolute atomic E-state index is 13.2. The van der Waals surface area contributed by atoms with E-state index in [9.17, 15) is 14.0 Å². The number of hydrogen-bond donors (Lipinski definition) is 2. The Labute approximate surface area is 114 Å². The number of aromatic carboxylic acids is 1. The Morgan fingerprint density at radius 2 is 1.60 bits per heavy atom. The van der Waals surface area contributed by atoms with E-state index in [0.29, 0.717) is 5.56 Å². The van der Waals surface area contributed by atoms with Gasteiger partial charge in [0.2, 0.25) is 0 Å². The number of carboxylic acids is 1. The van der Waals surface area contributed by atoms with Gasteiger partial charge in [-0.1, -0.05) is 12.1 Å². The van der Waals surface area contributed by atoms with Gasteiger partial charge in [0.15, 0.2) is 17.3 Å². The Morgan fingerprint density at radius 3 is 2.15 bits per heavy atom. The van der Waals surface area contributed by atoms with Crippen molar-refractivity contribution in [2.75, 3.05) is 0 Å². The highest BCUT2D eigenvalue weighted by atomic mass is 19.1. The predicted molar refractivity (Wildman–Crippen MR) is 69.5 cm³/mol. The van der Waals surface area contributed by atoms with Gasteiger partial charge in [-0.15, -0.1) is 0 Å². The average molecular weight is 274 g/mol. The molecule has 2 aromatic rings. The van der Waals surface area contributed by atoms with Gasteiger partial charge in [0.1, 0.15) is 0 Å². The molecule has 0 spiro atoms. The highest BCUT2D eigenvalue weighted by molar-refractivity contribution is 5.97. The first-order chi connectivity index (χ1) is 9.47. The van der Waals surface area contributed by atoms with Crippen LogP contribution in [-0.2, 0) is 6.42 Å². The quantitative estimate of drug-likeness (QED) is 0.840. The van der Waals surface area contributed by atoms with Crippen LogP contribution >= 0.6 is 0 Å². The smallest absolute Gasteiger partial charge is 0.335 e. The van der Waals surface area contributed by atoms with E-state index < -0.39 is 17.5 Å². The number of hydrogen-bond acceptors (Lipinski definition) is 3. The second-order valence-electron chi connectivity index (χ2n) is 4.27. The Bertz CT molecular complexity index is 662. The summed E-state index contributed by atoms with van der Waals surface area (Å²) >= 11 is 0. The maximum Gasteiger partial charge on any atom is 0.335 e. The monoisotopic (exact) mass is 274 g/mol. The van der Waals surface area contributed by atoms with Crippen molar-refractivity contribution in [2.45, 2.75) is 6.42 Å². The van der Waals surface area contributed by atoms with Crippen LogP contribution < -0.4 is 0 Å². The molecule has 0 aliphatic heterocycles. The van der Waals surface area contributed by atoms with Crippen LogP contribution in [-0.4, -0.2) is 22.0 Å². The molecule has 20 heavy (non-hydrogen) atoms. The van der Waals surface area contributed by atoms with Gasteiger partial charge >= 0.3 is 5.97 Å². The van der Waals surface area contributed by atoms with Crippen molar-refractivity contribution in [3.63, 3.8) is 0 Å². The summed E-state index contributed by atoms with van der Waals surface area (Å²) in [7, 11) is 0. The average Bonchev–Trinajstić information content (AvgIpc) is 2.42. The molecule has 102 valence electrons. The molecular formula is C15H11FO4. The lowest BCUT2D eigenvalue weighted by molar-refractivity contribution is 0.0696. The summed E-state index contributed by atoms with van der Waals surface area (Å²) in [5.74, 6) is -2.71. The molecule has 4 nitrogen and oxygen atoms in total. The summed E-state index contributed by atoms with van der Waals surface area (Å²) in [4.78, 5) is 22.6. The molecule has 2 N–H and O–H groups in total. The van der Waals surface area contributed by atoms with Crippen molar-refractivity contribution in [2.24, 2.45) is 0 Å². The fraction of sp³-hybridized carbons (Fsp3) is 0.0667. The summed E-state index contributed by atoms with van der Waals surface area (Å²) in [6.07, 6.45) is 0.0319. The van der Waals surface area contributed by atoms with Crippen LogP contribution in [0, 0.1) is 5.82 Å². The van der Waals surface area contributed by atoms with Crippen LogP contribution in [0.15, 0.2) is 42.5 Å². The Kier molecular flexibility index (Phi) is 3.79. The van der Waals surface area contributed by atoms with Crippen molar-refractivity contribution in [1.82, 2.24) is 0 Å². The summed E-state index contributed by atoms with van der Waals surface area (Å²) in [6, 6.07) is 9.33. The molecular weight excluding hydrogens is 263 g/mol. The fourth-order valence-corrected chi connectivity index (χ4v) is 1.73. The van der Waals surface area contributed by atoms with Crippen LogP contribution in [0.3, 0.4) is 0 Å². The minimum absolute atomic E-state index is 0.0319. The molecule has 0 unspecified atom stereocenters. The third-order valence-electron chi connectivity index (χ3n) is 2.84. The maximum atomic E-state index is 13.2. The molecule has 0 saturated heterocycles. The minimum atomic E-state index is -1.04. The highest BCUT2D eigenvalue weighted by Gasteiger charge is 2.11. The van der Waals surface area contributed by atoms with Crippen LogP contribution in [0.5, 0.6) is 5.75 Å². The number of ketones is 1. The Morgan fingerprint density at radius 1 is 1.00 bits per heavy atom. The number of carbonyl (C=O) groups excluding carboxylic acids is 1. The molecule has 0 saturated carbocycles. The van der Waals surface area contributed by atoms with E-state index in [4.69, 9.17) is 10.2 Å².